The molecule has 1 aromatic carbocycles. The second-order valence-electron chi connectivity index (χ2n) is 3.14. The first-order valence-corrected chi connectivity index (χ1v) is 4.91. The van der Waals surface area contributed by atoms with E-state index in [0.717, 1.165) is 6.07 Å². The van der Waals surface area contributed by atoms with E-state index < -0.39 is 12.3 Å². The number of benzene rings is 1. The number of alkyl halides is 3. The number of hydrogen-bond donors (Lipinski definition) is 1. The predicted molar refractivity (Wildman–Crippen MR) is 56.9 cm³/mol. The van der Waals surface area contributed by atoms with Crippen LogP contribution in [0.25, 0.3) is 0 Å². The minimum Gasteiger partial charge on any atom is -0.450 e. The molecule has 1 atom stereocenters. The fraction of sp³-hybridized carbons (Fsp3) is 0.300. The minimum absolute atomic E-state index is 0.128. The maximum Gasteiger partial charge on any atom is 0.429 e. The molecule has 0 saturated heterocycles. The molecular weight excluding hydrogens is 259 g/mol. The molecule has 3 nitrogen and oxygen atoms in total. The van der Waals surface area contributed by atoms with E-state index in [1.165, 1.54) is 19.2 Å². The summed E-state index contributed by atoms with van der Waals surface area (Å²) in [6.07, 6.45) is -7.03. The smallest absolute Gasteiger partial charge is 0.429 e. The van der Waals surface area contributed by atoms with Crippen molar-refractivity contribution in [1.82, 2.24) is 0 Å². The number of hydrogen-bond acceptors (Lipinski definition) is 3. The fourth-order valence-electron chi connectivity index (χ4n) is 1.36. The minimum atomic E-state index is -4.70. The Balaban J connectivity index is 3.25. The molecule has 0 aromatic heterocycles. The summed E-state index contributed by atoms with van der Waals surface area (Å²) >= 11 is 5.63. The van der Waals surface area contributed by atoms with Gasteiger partial charge in [0.05, 0.1) is 0 Å². The van der Waals surface area contributed by atoms with Crippen LogP contribution in [0.4, 0.5) is 18.9 Å². The monoisotopic (exact) mass is 267 g/mol. The third kappa shape index (κ3) is 3.26. The van der Waals surface area contributed by atoms with Crippen LogP contribution in [0.15, 0.2) is 18.2 Å². The van der Waals surface area contributed by atoms with Crippen molar-refractivity contribution in [3.8, 4) is 0 Å². The molecule has 1 aromatic rings. The van der Waals surface area contributed by atoms with E-state index in [4.69, 9.17) is 11.6 Å². The highest BCUT2D eigenvalue weighted by molar-refractivity contribution is 6.30. The number of ether oxygens (including phenoxy) is 1. The van der Waals surface area contributed by atoms with Crippen molar-refractivity contribution < 1.29 is 22.7 Å². The highest BCUT2D eigenvalue weighted by atomic mass is 35.5. The lowest BCUT2D eigenvalue weighted by Gasteiger charge is -2.21. The number of anilines is 1. The molecule has 94 valence electrons. The number of carbonyl (C=O) groups excluding carboxylic acids is 1. The van der Waals surface area contributed by atoms with Gasteiger partial charge in [-0.05, 0) is 18.2 Å². The van der Waals surface area contributed by atoms with E-state index in [2.05, 4.69) is 10.1 Å². The van der Waals surface area contributed by atoms with Crippen LogP contribution in [0, 0.1) is 0 Å². The molecule has 0 heterocycles. The Labute approximate surface area is 101 Å². The Morgan fingerprint density at radius 3 is 2.59 bits per heavy atom. The van der Waals surface area contributed by atoms with Crippen LogP contribution in [0.1, 0.15) is 11.7 Å². The van der Waals surface area contributed by atoms with Crippen LogP contribution in [-0.4, -0.2) is 19.7 Å². The van der Waals surface area contributed by atoms with Crippen molar-refractivity contribution in [3.05, 3.63) is 28.8 Å². The van der Waals surface area contributed by atoms with Gasteiger partial charge in [-0.1, -0.05) is 11.6 Å². The van der Waals surface area contributed by atoms with Crippen molar-refractivity contribution in [1.29, 1.82) is 0 Å². The predicted octanol–water partition coefficient (Wildman–Crippen LogP) is 3.16. The molecular formula is C10H9ClF3NO2. The lowest BCUT2D eigenvalue weighted by atomic mass is 10.1. The molecule has 0 aliphatic carbocycles. The molecule has 0 aliphatic rings. The van der Waals surface area contributed by atoms with Crippen LogP contribution >= 0.6 is 11.6 Å². The molecule has 0 amide bonds. The highest BCUT2D eigenvalue weighted by Crippen LogP contribution is 2.39. The number of carbonyl (C=O) groups is 1. The number of rotatable bonds is 4. The SMILES string of the molecule is CNc1ccc(Cl)cc1C(OC=O)C(F)(F)F. The Bertz CT molecular complexity index is 409. The zero-order valence-corrected chi connectivity index (χ0v) is 9.47. The molecule has 0 radical (unpaired) electrons. The summed E-state index contributed by atoms with van der Waals surface area (Å²) in [5.74, 6) is 0. The molecule has 0 aliphatic heterocycles. The van der Waals surface area contributed by atoms with E-state index in [9.17, 15) is 18.0 Å². The second kappa shape index (κ2) is 5.27. The average Bonchev–Trinajstić information content (AvgIpc) is 2.24. The van der Waals surface area contributed by atoms with Gasteiger partial charge in [-0.2, -0.15) is 13.2 Å². The Morgan fingerprint density at radius 1 is 1.47 bits per heavy atom. The van der Waals surface area contributed by atoms with Gasteiger partial charge in [0.15, 0.2) is 0 Å². The van der Waals surface area contributed by atoms with Crippen molar-refractivity contribution in [2.45, 2.75) is 12.3 Å². The zero-order valence-electron chi connectivity index (χ0n) is 8.72. The summed E-state index contributed by atoms with van der Waals surface area (Å²) in [6.45, 7) is -0.238. The lowest BCUT2D eigenvalue weighted by Crippen LogP contribution is -2.24. The topological polar surface area (TPSA) is 38.3 Å². The third-order valence-electron chi connectivity index (χ3n) is 2.05. The van der Waals surface area contributed by atoms with Gasteiger partial charge < -0.3 is 10.1 Å². The zero-order chi connectivity index (χ0) is 13.1. The van der Waals surface area contributed by atoms with Crippen LogP contribution in [-0.2, 0) is 9.53 Å². The van der Waals surface area contributed by atoms with Crippen LogP contribution in [0.2, 0.25) is 5.02 Å². The van der Waals surface area contributed by atoms with E-state index >= 15 is 0 Å². The molecule has 0 spiro atoms. The van der Waals surface area contributed by atoms with Crippen LogP contribution in [0.5, 0.6) is 0 Å². The molecule has 1 N–H and O–H groups in total. The first-order valence-electron chi connectivity index (χ1n) is 4.53. The van der Waals surface area contributed by atoms with E-state index in [-0.39, 0.29) is 22.7 Å². The van der Waals surface area contributed by atoms with Crippen molar-refractivity contribution in [2.75, 3.05) is 12.4 Å². The van der Waals surface area contributed by atoms with Crippen molar-refractivity contribution >= 4 is 23.8 Å². The molecule has 0 bridgehead atoms. The van der Waals surface area contributed by atoms with Gasteiger partial charge in [-0.15, -0.1) is 0 Å². The van der Waals surface area contributed by atoms with Crippen LogP contribution in [0.3, 0.4) is 0 Å². The molecule has 7 heteroatoms. The molecule has 0 saturated carbocycles. The van der Waals surface area contributed by atoms with Gasteiger partial charge in [0.25, 0.3) is 6.47 Å². The van der Waals surface area contributed by atoms with E-state index in [0.29, 0.717) is 0 Å². The van der Waals surface area contributed by atoms with Gasteiger partial charge >= 0.3 is 6.18 Å². The Morgan fingerprint density at radius 2 is 2.12 bits per heavy atom. The quantitative estimate of drug-likeness (QED) is 0.852. The molecule has 1 rings (SSSR count). The number of halogens is 4. The fourth-order valence-corrected chi connectivity index (χ4v) is 1.54. The van der Waals surface area contributed by atoms with E-state index in [1.807, 2.05) is 0 Å². The van der Waals surface area contributed by atoms with Gasteiger partial charge in [-0.3, -0.25) is 4.79 Å². The molecule has 17 heavy (non-hydrogen) atoms. The average molecular weight is 268 g/mol. The van der Waals surface area contributed by atoms with Gasteiger partial charge in [0.2, 0.25) is 6.10 Å². The normalized spacial score (nSPS) is 13.0. The van der Waals surface area contributed by atoms with Gasteiger partial charge in [0.1, 0.15) is 0 Å². The first kappa shape index (κ1) is 13.6. The molecule has 0 fully saturated rings. The van der Waals surface area contributed by atoms with Crippen LogP contribution < -0.4 is 5.32 Å². The summed E-state index contributed by atoms with van der Waals surface area (Å²) in [7, 11) is 1.46. The molecule has 1 unspecified atom stereocenters. The highest BCUT2D eigenvalue weighted by Gasteiger charge is 2.44. The Kier molecular flexibility index (Phi) is 4.22. The first-order chi connectivity index (χ1) is 7.90. The van der Waals surface area contributed by atoms with E-state index in [1.54, 1.807) is 0 Å². The number of nitrogens with one attached hydrogen (secondary N) is 1. The van der Waals surface area contributed by atoms with Gasteiger partial charge in [-0.25, -0.2) is 0 Å². The van der Waals surface area contributed by atoms with Crippen molar-refractivity contribution in [2.24, 2.45) is 0 Å². The summed E-state index contributed by atoms with van der Waals surface area (Å²) < 4.78 is 42.1. The lowest BCUT2D eigenvalue weighted by molar-refractivity contribution is -0.217. The van der Waals surface area contributed by atoms with Gasteiger partial charge in [0, 0.05) is 23.3 Å². The summed E-state index contributed by atoms with van der Waals surface area (Å²) in [6, 6.07) is 3.92. The van der Waals surface area contributed by atoms with Crippen molar-refractivity contribution in [3.63, 3.8) is 0 Å². The maximum absolute atomic E-state index is 12.7. The summed E-state index contributed by atoms with van der Waals surface area (Å²) in [5.41, 5.74) is -0.0434. The summed E-state index contributed by atoms with van der Waals surface area (Å²) in [5, 5.41) is 2.71. The second-order valence-corrected chi connectivity index (χ2v) is 3.57. The maximum atomic E-state index is 12.7. The third-order valence-corrected chi connectivity index (χ3v) is 2.29. The summed E-state index contributed by atoms with van der Waals surface area (Å²) in [4.78, 5) is 10.1. The Hall–Kier alpha value is -1.43. The largest absolute Gasteiger partial charge is 0.450 e. The standard InChI is InChI=1S/C10H9ClF3NO2/c1-15-8-3-2-6(11)4-7(8)9(17-5-16)10(12,13)14/h2-5,9,15H,1H3.